The number of hydrogen-bond donors (Lipinski definition) is 4. The highest BCUT2D eigenvalue weighted by Crippen LogP contribution is 2.32. The van der Waals surface area contributed by atoms with Crippen molar-refractivity contribution in [3.05, 3.63) is 105 Å². The van der Waals surface area contributed by atoms with E-state index in [-0.39, 0.29) is 47.7 Å². The van der Waals surface area contributed by atoms with Crippen molar-refractivity contribution < 1.29 is 33.2 Å². The molecule has 3 aliphatic heterocycles. The first-order valence-corrected chi connectivity index (χ1v) is 22.2. The summed E-state index contributed by atoms with van der Waals surface area (Å²) in [7, 11) is 0. The largest absolute Gasteiger partial charge is 0.383 e. The molecular formula is C47H55FN8O7. The molecule has 63 heavy (non-hydrogen) atoms. The number of nitrogens with zero attached hydrogens (tertiary/aromatic N) is 4. The van der Waals surface area contributed by atoms with Crippen molar-refractivity contribution in [3.63, 3.8) is 0 Å². The third kappa shape index (κ3) is 11.1. The molecule has 3 aromatic carbocycles. The van der Waals surface area contributed by atoms with Gasteiger partial charge in [-0.2, -0.15) is 5.10 Å². The predicted molar refractivity (Wildman–Crippen MR) is 234 cm³/mol. The maximum absolute atomic E-state index is 14.9. The molecule has 0 saturated carbocycles. The molecule has 332 valence electrons. The van der Waals surface area contributed by atoms with Gasteiger partial charge >= 0.3 is 0 Å². The van der Waals surface area contributed by atoms with Crippen LogP contribution in [-0.2, 0) is 32.1 Å². The molecule has 15 nitrogen and oxygen atoms in total. The van der Waals surface area contributed by atoms with E-state index < -0.39 is 23.7 Å². The lowest BCUT2D eigenvalue weighted by Crippen LogP contribution is -2.52. The maximum atomic E-state index is 14.9. The van der Waals surface area contributed by atoms with Crippen LogP contribution < -0.4 is 21.5 Å². The summed E-state index contributed by atoms with van der Waals surface area (Å²) < 4.78 is 14.9. The Balaban J connectivity index is 0.711. The maximum Gasteiger partial charge on any atom is 0.272 e. The Morgan fingerprint density at radius 2 is 1.48 bits per heavy atom. The van der Waals surface area contributed by atoms with Gasteiger partial charge in [-0.3, -0.25) is 38.9 Å². The summed E-state index contributed by atoms with van der Waals surface area (Å²) in [5.74, 6) is -1.94. The number of H-pyrrole nitrogens is 1. The van der Waals surface area contributed by atoms with Crippen molar-refractivity contribution in [1.29, 1.82) is 0 Å². The van der Waals surface area contributed by atoms with Crippen molar-refractivity contribution in [2.45, 2.75) is 96.1 Å². The van der Waals surface area contributed by atoms with Gasteiger partial charge in [-0.05, 0) is 55.2 Å². The number of hydrogen-bond acceptors (Lipinski definition) is 9. The van der Waals surface area contributed by atoms with Crippen LogP contribution in [0.2, 0.25) is 0 Å². The van der Waals surface area contributed by atoms with Gasteiger partial charge in [-0.1, -0.05) is 68.9 Å². The van der Waals surface area contributed by atoms with Gasteiger partial charge in [0.15, 0.2) is 0 Å². The Labute approximate surface area is 365 Å². The average molecular weight is 863 g/mol. The zero-order chi connectivity index (χ0) is 44.3. The number of amides is 6. The number of imide groups is 1. The quantitative estimate of drug-likeness (QED) is 0.0755. The topological polar surface area (TPSA) is 194 Å². The van der Waals surface area contributed by atoms with E-state index in [1.54, 1.807) is 46.2 Å². The van der Waals surface area contributed by atoms with Gasteiger partial charge in [0.05, 0.1) is 16.6 Å². The van der Waals surface area contributed by atoms with Crippen LogP contribution in [0.1, 0.15) is 115 Å². The van der Waals surface area contributed by atoms with Crippen molar-refractivity contribution >= 4 is 51.9 Å². The Morgan fingerprint density at radius 1 is 0.778 bits per heavy atom. The Hall–Kier alpha value is -6.45. The first-order valence-electron chi connectivity index (χ1n) is 22.2. The van der Waals surface area contributed by atoms with Crippen LogP contribution >= 0.6 is 0 Å². The summed E-state index contributed by atoms with van der Waals surface area (Å²) in [4.78, 5) is 92.8. The highest BCUT2D eigenvalue weighted by molar-refractivity contribution is 6.06. The number of carbonyl (C=O) groups is 6. The first kappa shape index (κ1) is 44.6. The van der Waals surface area contributed by atoms with E-state index >= 15 is 0 Å². The van der Waals surface area contributed by atoms with Crippen LogP contribution in [0.25, 0.3) is 10.8 Å². The third-order valence-electron chi connectivity index (χ3n) is 12.2. The summed E-state index contributed by atoms with van der Waals surface area (Å²) in [6.45, 7) is 2.66. The highest BCUT2D eigenvalue weighted by Gasteiger charge is 2.40. The van der Waals surface area contributed by atoms with Gasteiger partial charge in [0, 0.05) is 93.7 Å². The standard InChI is InChI=1S/C47H55FN8O7/c48-37-19-18-31(29-39-32-12-9-10-13-33(32)44(60)53-52-39)28-35(37)46(62)55-26-24-54(25-27-55)43(59)17-8-6-4-2-1-3-5-7-16-41(57)50-23-22-49-38-15-11-14-34-36(38)30-56(47(34)63)40-20-21-42(58)51-45(40)61/h9-15,18-19,28,40,49H,1-8,16-17,20-27,29-30H2,(H,50,57)(H,53,60)(H,51,58,61). The molecule has 4 aromatic rings. The minimum Gasteiger partial charge on any atom is -0.383 e. The minimum absolute atomic E-state index is 0.00160. The molecule has 1 unspecified atom stereocenters. The Morgan fingerprint density at radius 3 is 2.22 bits per heavy atom. The van der Waals surface area contributed by atoms with Crippen molar-refractivity contribution in [3.8, 4) is 0 Å². The smallest absolute Gasteiger partial charge is 0.272 e. The number of halogens is 1. The number of benzene rings is 3. The SMILES string of the molecule is O=C(CCCCCCCCCCC(=O)N1CCN(C(=O)c2cc(Cc3n[nH]c(=O)c4ccccc34)ccc2F)CC1)NCCNc1cccc2c1CN(C1CCC(=O)NC1=O)C2=O. The molecule has 4 heterocycles. The van der Waals surface area contributed by atoms with Crippen molar-refractivity contribution in [2.75, 3.05) is 44.6 Å². The number of rotatable bonds is 19. The normalized spacial score (nSPS) is 16.3. The summed E-state index contributed by atoms with van der Waals surface area (Å²) in [6, 6.07) is 16.3. The second-order valence-electron chi connectivity index (χ2n) is 16.5. The minimum atomic E-state index is -0.670. The van der Waals surface area contributed by atoms with E-state index in [0.717, 1.165) is 62.6 Å². The second-order valence-corrected chi connectivity index (χ2v) is 16.5. The summed E-state index contributed by atoms with van der Waals surface area (Å²) in [5.41, 5.74) is 3.14. The number of aromatic nitrogens is 2. The summed E-state index contributed by atoms with van der Waals surface area (Å²) >= 11 is 0. The van der Waals surface area contributed by atoms with Gasteiger partial charge in [-0.25, -0.2) is 9.49 Å². The van der Waals surface area contributed by atoms with Crippen LogP contribution in [-0.4, -0.2) is 106 Å². The molecule has 4 N–H and O–H groups in total. The Bertz CT molecular complexity index is 2410. The molecule has 0 spiro atoms. The molecule has 0 bridgehead atoms. The Kier molecular flexibility index (Phi) is 14.9. The zero-order valence-electron chi connectivity index (χ0n) is 35.5. The first-order chi connectivity index (χ1) is 30.6. The molecule has 0 radical (unpaired) electrons. The fraction of sp³-hybridized carbons (Fsp3) is 0.447. The number of piperidine rings is 1. The van der Waals surface area contributed by atoms with E-state index in [9.17, 15) is 38.0 Å². The number of nitrogens with one attached hydrogen (secondary N) is 4. The van der Waals surface area contributed by atoms with E-state index in [2.05, 4.69) is 26.1 Å². The number of anilines is 1. The number of unbranched alkanes of at least 4 members (excludes halogenated alkanes) is 7. The summed E-state index contributed by atoms with van der Waals surface area (Å²) in [6.07, 6.45) is 9.51. The fourth-order valence-electron chi connectivity index (χ4n) is 8.69. The molecule has 3 aliphatic rings. The average Bonchev–Trinajstić information content (AvgIpc) is 3.63. The monoisotopic (exact) mass is 862 g/mol. The van der Waals surface area contributed by atoms with E-state index in [1.165, 1.54) is 11.0 Å². The zero-order valence-corrected chi connectivity index (χ0v) is 35.5. The van der Waals surface area contributed by atoms with Crippen molar-refractivity contribution in [1.82, 2.24) is 35.5 Å². The van der Waals surface area contributed by atoms with Crippen LogP contribution in [0.5, 0.6) is 0 Å². The van der Waals surface area contributed by atoms with Crippen LogP contribution in [0.15, 0.2) is 65.5 Å². The number of piperazine rings is 1. The summed E-state index contributed by atoms with van der Waals surface area (Å²) in [5, 5.41) is 16.5. The number of fused-ring (bicyclic) bond motifs is 2. The van der Waals surface area contributed by atoms with E-state index in [1.807, 2.05) is 18.2 Å². The lowest BCUT2D eigenvalue weighted by atomic mass is 10.0. The van der Waals surface area contributed by atoms with Gasteiger partial charge < -0.3 is 25.3 Å². The molecule has 7 rings (SSSR count). The lowest BCUT2D eigenvalue weighted by Gasteiger charge is -2.35. The van der Waals surface area contributed by atoms with Gasteiger partial charge in [0.2, 0.25) is 23.6 Å². The van der Waals surface area contributed by atoms with Crippen LogP contribution in [0.4, 0.5) is 10.1 Å². The second kappa shape index (κ2) is 21.1. The predicted octanol–water partition coefficient (Wildman–Crippen LogP) is 4.83. The van der Waals surface area contributed by atoms with Gasteiger partial charge in [-0.15, -0.1) is 0 Å². The van der Waals surface area contributed by atoms with E-state index in [4.69, 9.17) is 0 Å². The number of carbonyl (C=O) groups excluding carboxylic acids is 6. The fourth-order valence-corrected chi connectivity index (χ4v) is 8.69. The molecule has 0 aliphatic carbocycles. The molecule has 16 heteroatoms. The van der Waals surface area contributed by atoms with Gasteiger partial charge in [0.1, 0.15) is 11.9 Å². The molecule has 6 amide bonds. The molecule has 1 aromatic heterocycles. The molecule has 2 fully saturated rings. The van der Waals surface area contributed by atoms with Crippen molar-refractivity contribution in [2.24, 2.45) is 0 Å². The van der Waals surface area contributed by atoms with Crippen LogP contribution in [0.3, 0.4) is 0 Å². The molecular weight excluding hydrogens is 808 g/mol. The molecule has 1 atom stereocenters. The highest BCUT2D eigenvalue weighted by atomic mass is 19.1. The van der Waals surface area contributed by atoms with E-state index in [0.29, 0.717) is 92.5 Å². The number of aromatic amines is 1. The lowest BCUT2D eigenvalue weighted by molar-refractivity contribution is -0.137. The van der Waals surface area contributed by atoms with Crippen LogP contribution in [0, 0.1) is 5.82 Å². The van der Waals surface area contributed by atoms with Gasteiger partial charge in [0.25, 0.3) is 17.4 Å². The molecule has 2 saturated heterocycles. The third-order valence-corrected chi connectivity index (χ3v) is 12.2.